The summed E-state index contributed by atoms with van der Waals surface area (Å²) in [5.41, 5.74) is 8.44. The van der Waals surface area contributed by atoms with E-state index in [1.54, 1.807) is 28.3 Å². The van der Waals surface area contributed by atoms with Gasteiger partial charge in [0, 0.05) is 30.6 Å². The van der Waals surface area contributed by atoms with Crippen molar-refractivity contribution in [3.05, 3.63) is 53.0 Å². The predicted molar refractivity (Wildman–Crippen MR) is 90.8 cm³/mol. The van der Waals surface area contributed by atoms with E-state index in [1.165, 1.54) is 6.07 Å². The van der Waals surface area contributed by atoms with Crippen molar-refractivity contribution in [1.82, 2.24) is 15.0 Å². The summed E-state index contributed by atoms with van der Waals surface area (Å²) in [5, 5.41) is 14.1. The largest absolute Gasteiger partial charge is 0.373 e. The monoisotopic (exact) mass is 349 g/mol. The van der Waals surface area contributed by atoms with E-state index in [9.17, 15) is 8.78 Å². The van der Waals surface area contributed by atoms with Gasteiger partial charge in [-0.2, -0.15) is 0 Å². The van der Waals surface area contributed by atoms with Crippen LogP contribution >= 0.6 is 11.3 Å². The first-order valence-electron chi connectivity index (χ1n) is 7.41. The number of nitrogens with zero attached hydrogens (tertiary/aromatic N) is 3. The third kappa shape index (κ3) is 3.60. The molecule has 5 nitrogen and oxygen atoms in total. The topological polar surface area (TPSA) is 68.8 Å². The van der Waals surface area contributed by atoms with Gasteiger partial charge in [0.1, 0.15) is 0 Å². The maximum atomic E-state index is 13.3. The summed E-state index contributed by atoms with van der Waals surface area (Å²) in [4.78, 5) is 0. The van der Waals surface area contributed by atoms with E-state index in [4.69, 9.17) is 5.73 Å². The molecule has 1 aromatic carbocycles. The van der Waals surface area contributed by atoms with Gasteiger partial charge in [0.05, 0.1) is 16.9 Å². The molecule has 0 unspecified atom stereocenters. The molecule has 0 aliphatic heterocycles. The molecule has 8 heteroatoms. The number of rotatable bonds is 6. The number of anilines is 1. The maximum absolute atomic E-state index is 13.3. The second kappa shape index (κ2) is 7.06. The fraction of sp³-hybridized carbons (Fsp3) is 0.250. The Morgan fingerprint density at radius 2 is 2.12 bits per heavy atom. The van der Waals surface area contributed by atoms with E-state index >= 15 is 0 Å². The summed E-state index contributed by atoms with van der Waals surface area (Å²) in [6.45, 7) is 0.374. The van der Waals surface area contributed by atoms with Crippen LogP contribution in [0.2, 0.25) is 0 Å². The molecule has 3 rings (SSSR count). The molecule has 0 saturated heterocycles. The first kappa shape index (κ1) is 16.5. The Hall–Kier alpha value is -2.32. The van der Waals surface area contributed by atoms with Gasteiger partial charge in [-0.25, -0.2) is 13.5 Å². The summed E-state index contributed by atoms with van der Waals surface area (Å²) in [6.07, 6.45) is 2.21. The van der Waals surface area contributed by atoms with Crippen molar-refractivity contribution in [3.63, 3.8) is 0 Å². The first-order chi connectivity index (χ1) is 11.6. The Labute approximate surface area is 142 Å². The van der Waals surface area contributed by atoms with Crippen LogP contribution in [0.5, 0.6) is 0 Å². The molecule has 3 N–H and O–H groups in total. The van der Waals surface area contributed by atoms with E-state index in [-0.39, 0.29) is 6.04 Å². The molecule has 3 aromatic rings. The Balaban J connectivity index is 1.70. The van der Waals surface area contributed by atoms with Crippen molar-refractivity contribution in [3.8, 4) is 11.3 Å². The van der Waals surface area contributed by atoms with Gasteiger partial charge >= 0.3 is 0 Å². The first-order valence-corrected chi connectivity index (χ1v) is 8.29. The molecule has 1 atom stereocenters. The van der Waals surface area contributed by atoms with Gasteiger partial charge in [-0.05, 0) is 30.2 Å². The molecule has 2 heterocycles. The lowest BCUT2D eigenvalue weighted by molar-refractivity contribution is 0.506. The van der Waals surface area contributed by atoms with Gasteiger partial charge in [0.25, 0.3) is 0 Å². The van der Waals surface area contributed by atoms with Gasteiger partial charge < -0.3 is 11.1 Å². The van der Waals surface area contributed by atoms with Gasteiger partial charge in [-0.15, -0.1) is 16.4 Å². The minimum atomic E-state index is -0.844. The quantitative estimate of drug-likeness (QED) is 0.718. The second-order valence-corrected chi connectivity index (χ2v) is 6.38. The lowest BCUT2D eigenvalue weighted by Gasteiger charge is -2.17. The zero-order valence-corrected chi connectivity index (χ0v) is 13.9. The Kier molecular flexibility index (Phi) is 4.86. The minimum Gasteiger partial charge on any atom is -0.373 e. The Bertz CT molecular complexity index is 829. The molecule has 0 amide bonds. The number of hydrogen-bond acceptors (Lipinski definition) is 5. The van der Waals surface area contributed by atoms with Crippen LogP contribution in [-0.4, -0.2) is 27.6 Å². The van der Waals surface area contributed by atoms with Gasteiger partial charge in [0.15, 0.2) is 11.6 Å². The zero-order valence-electron chi connectivity index (χ0n) is 13.0. The number of benzene rings is 1. The third-order valence-electron chi connectivity index (χ3n) is 3.71. The van der Waals surface area contributed by atoms with E-state index in [0.717, 1.165) is 22.3 Å². The van der Waals surface area contributed by atoms with Crippen molar-refractivity contribution < 1.29 is 8.78 Å². The lowest BCUT2D eigenvalue weighted by atomic mass is 10.1. The van der Waals surface area contributed by atoms with Crippen LogP contribution in [0.25, 0.3) is 11.3 Å². The van der Waals surface area contributed by atoms with Crippen molar-refractivity contribution >= 4 is 16.3 Å². The number of aryl methyl sites for hydroxylation is 1. The molecule has 2 aromatic heterocycles. The van der Waals surface area contributed by atoms with Crippen LogP contribution in [0, 0.1) is 11.6 Å². The average molecular weight is 349 g/mol. The Morgan fingerprint density at radius 1 is 1.29 bits per heavy atom. The van der Waals surface area contributed by atoms with Crippen molar-refractivity contribution in [2.75, 3.05) is 11.9 Å². The molecule has 24 heavy (non-hydrogen) atoms. The number of thiophene rings is 1. The van der Waals surface area contributed by atoms with Crippen LogP contribution in [0.1, 0.15) is 5.56 Å². The molecule has 0 bridgehead atoms. The Morgan fingerprint density at radius 3 is 2.79 bits per heavy atom. The van der Waals surface area contributed by atoms with Crippen molar-refractivity contribution in [2.45, 2.75) is 12.5 Å². The fourth-order valence-electron chi connectivity index (χ4n) is 2.44. The molecule has 0 aliphatic rings. The summed E-state index contributed by atoms with van der Waals surface area (Å²) >= 11 is 1.55. The van der Waals surface area contributed by atoms with Crippen molar-refractivity contribution in [1.29, 1.82) is 0 Å². The van der Waals surface area contributed by atoms with Crippen LogP contribution in [0.15, 0.2) is 35.8 Å². The standard InChI is InChI=1S/C16H17F2N5S/c1-23-15(8-20-22-23)11-6-16(24-9-11)21-12(7-19)4-10-2-3-13(17)14(18)5-10/h2-3,5-6,8-9,12,21H,4,7,19H2,1H3/t12-/m0/s1. The fourth-order valence-corrected chi connectivity index (χ4v) is 3.32. The number of halogens is 2. The van der Waals surface area contributed by atoms with Gasteiger partial charge in [-0.1, -0.05) is 11.3 Å². The molecule has 0 spiro atoms. The summed E-state index contributed by atoms with van der Waals surface area (Å²) in [6, 6.07) is 5.84. The van der Waals surface area contributed by atoms with Crippen LogP contribution in [0.4, 0.5) is 13.8 Å². The van der Waals surface area contributed by atoms with E-state index in [0.29, 0.717) is 18.5 Å². The molecule has 0 saturated carbocycles. The maximum Gasteiger partial charge on any atom is 0.159 e. The molecular formula is C16H17F2N5S. The predicted octanol–water partition coefficient (Wildman–Crippen LogP) is 2.80. The SMILES string of the molecule is Cn1nncc1-c1csc(N[C@H](CN)Cc2ccc(F)c(F)c2)c1. The molecule has 0 radical (unpaired) electrons. The number of hydrogen-bond donors (Lipinski definition) is 2. The molecular weight excluding hydrogens is 332 g/mol. The minimum absolute atomic E-state index is 0.0778. The van der Waals surface area contributed by atoms with E-state index in [2.05, 4.69) is 15.6 Å². The van der Waals surface area contributed by atoms with Gasteiger partial charge in [-0.3, -0.25) is 0 Å². The molecule has 0 fully saturated rings. The van der Waals surface area contributed by atoms with Crippen LogP contribution in [-0.2, 0) is 13.5 Å². The van der Waals surface area contributed by atoms with E-state index in [1.807, 2.05) is 18.5 Å². The number of nitrogens with one attached hydrogen (secondary N) is 1. The highest BCUT2D eigenvalue weighted by Gasteiger charge is 2.13. The third-order valence-corrected chi connectivity index (χ3v) is 4.57. The number of nitrogens with two attached hydrogens (primary N) is 1. The van der Waals surface area contributed by atoms with Crippen molar-refractivity contribution in [2.24, 2.45) is 12.8 Å². The van der Waals surface area contributed by atoms with Crippen LogP contribution in [0.3, 0.4) is 0 Å². The molecule has 0 aliphatic carbocycles. The van der Waals surface area contributed by atoms with E-state index < -0.39 is 11.6 Å². The highest BCUT2D eigenvalue weighted by Crippen LogP contribution is 2.28. The normalized spacial score (nSPS) is 12.3. The van der Waals surface area contributed by atoms with Gasteiger partial charge in [0.2, 0.25) is 0 Å². The zero-order chi connectivity index (χ0) is 17.1. The smallest absolute Gasteiger partial charge is 0.159 e. The highest BCUT2D eigenvalue weighted by atomic mass is 32.1. The average Bonchev–Trinajstić information content (AvgIpc) is 3.19. The summed E-state index contributed by atoms with van der Waals surface area (Å²) < 4.78 is 28.0. The number of aromatic nitrogens is 3. The molecule has 126 valence electrons. The lowest BCUT2D eigenvalue weighted by Crippen LogP contribution is -2.30. The highest BCUT2D eigenvalue weighted by molar-refractivity contribution is 7.14. The summed E-state index contributed by atoms with van der Waals surface area (Å²) in [5.74, 6) is -1.69. The summed E-state index contributed by atoms with van der Waals surface area (Å²) in [7, 11) is 1.83. The van der Waals surface area contributed by atoms with Crippen LogP contribution < -0.4 is 11.1 Å². The second-order valence-electron chi connectivity index (χ2n) is 5.47.